The van der Waals surface area contributed by atoms with E-state index in [1.54, 1.807) is 13.3 Å². The number of piperidine rings is 1. The average Bonchev–Trinajstić information content (AvgIpc) is 2.85. The van der Waals surface area contributed by atoms with Gasteiger partial charge in [0.25, 0.3) is 0 Å². The Morgan fingerprint density at radius 3 is 2.71 bits per heavy atom. The van der Waals surface area contributed by atoms with Gasteiger partial charge >= 0.3 is 0 Å². The number of hydrogen-bond acceptors (Lipinski definition) is 6. The van der Waals surface area contributed by atoms with Gasteiger partial charge in [-0.15, -0.1) is 0 Å². The van der Waals surface area contributed by atoms with E-state index in [-0.39, 0.29) is 24.2 Å². The third-order valence-electron chi connectivity index (χ3n) is 6.11. The van der Waals surface area contributed by atoms with Crippen molar-refractivity contribution in [2.75, 3.05) is 38.6 Å². The summed E-state index contributed by atoms with van der Waals surface area (Å²) in [6.07, 6.45) is 2.70. The zero-order valence-electron chi connectivity index (χ0n) is 18.9. The molecule has 2 aromatic carbocycles. The average molecular weight is 471 g/mol. The highest BCUT2D eigenvalue weighted by Gasteiger charge is 2.23. The lowest BCUT2D eigenvalue weighted by atomic mass is 10.0. The highest BCUT2D eigenvalue weighted by Crippen LogP contribution is 2.27. The number of rotatable bonds is 8. The monoisotopic (exact) mass is 470 g/mol. The number of aliphatic hydroxyl groups is 1. The first-order valence-corrected chi connectivity index (χ1v) is 11.2. The third-order valence-corrected chi connectivity index (χ3v) is 6.11. The molecule has 1 aliphatic rings. The number of carbonyl (C=O) groups is 1. The summed E-state index contributed by atoms with van der Waals surface area (Å²) >= 11 is 0. The molecule has 4 rings (SSSR count). The molecule has 1 fully saturated rings. The summed E-state index contributed by atoms with van der Waals surface area (Å²) in [5, 5.41) is 17.6. The molecule has 1 atom stereocenters. The van der Waals surface area contributed by atoms with Gasteiger partial charge in [-0.1, -0.05) is 0 Å². The Hall–Kier alpha value is -3.14. The van der Waals surface area contributed by atoms with Crippen LogP contribution in [-0.4, -0.2) is 60.2 Å². The van der Waals surface area contributed by atoms with Crippen molar-refractivity contribution in [3.63, 3.8) is 0 Å². The summed E-state index contributed by atoms with van der Waals surface area (Å²) in [7, 11) is 1.61. The summed E-state index contributed by atoms with van der Waals surface area (Å²) in [4.78, 5) is 18.7. The molecule has 3 N–H and O–H groups in total. The highest BCUT2D eigenvalue weighted by atomic mass is 19.2. The first-order chi connectivity index (χ1) is 16.4. The van der Waals surface area contributed by atoms with Crippen molar-refractivity contribution in [1.29, 1.82) is 0 Å². The lowest BCUT2D eigenvalue weighted by Crippen LogP contribution is -2.45. The van der Waals surface area contributed by atoms with E-state index in [9.17, 15) is 18.7 Å². The molecule has 7 nitrogen and oxygen atoms in total. The molecular formula is C25H28F2N4O3. The maximum absolute atomic E-state index is 13.3. The van der Waals surface area contributed by atoms with E-state index in [1.165, 1.54) is 6.07 Å². The SMILES string of the molecule is COc1ccc2nccc(C(O)CN3CCC(NCC(=O)Nc4ccc(F)c(F)c4)CC3)c2c1. The number of fused-ring (bicyclic) bond motifs is 1. The van der Waals surface area contributed by atoms with Gasteiger partial charge < -0.3 is 25.4 Å². The van der Waals surface area contributed by atoms with Crippen LogP contribution in [0.5, 0.6) is 5.75 Å². The Balaban J connectivity index is 1.25. The quantitative estimate of drug-likeness (QED) is 0.469. The first kappa shape index (κ1) is 24.0. The van der Waals surface area contributed by atoms with Crippen LogP contribution in [0.1, 0.15) is 24.5 Å². The molecule has 180 valence electrons. The molecule has 1 saturated heterocycles. The first-order valence-electron chi connectivity index (χ1n) is 11.2. The maximum atomic E-state index is 13.3. The van der Waals surface area contributed by atoms with Crippen LogP contribution in [-0.2, 0) is 4.79 Å². The number of pyridine rings is 1. The minimum absolute atomic E-state index is 0.0805. The van der Waals surface area contributed by atoms with Gasteiger partial charge in [-0.05, 0) is 67.9 Å². The summed E-state index contributed by atoms with van der Waals surface area (Å²) < 4.78 is 31.6. The smallest absolute Gasteiger partial charge is 0.238 e. The molecule has 0 aliphatic carbocycles. The van der Waals surface area contributed by atoms with Crippen molar-refractivity contribution < 1.29 is 23.4 Å². The number of nitrogens with zero attached hydrogens (tertiary/aromatic N) is 2. The number of aromatic nitrogens is 1. The van der Waals surface area contributed by atoms with E-state index in [4.69, 9.17) is 4.74 Å². The van der Waals surface area contributed by atoms with Gasteiger partial charge in [-0.25, -0.2) is 8.78 Å². The van der Waals surface area contributed by atoms with Gasteiger partial charge in [-0.2, -0.15) is 0 Å². The minimum atomic E-state index is -1.00. The predicted molar refractivity (Wildman–Crippen MR) is 126 cm³/mol. The largest absolute Gasteiger partial charge is 0.497 e. The lowest BCUT2D eigenvalue weighted by Gasteiger charge is -2.33. The Morgan fingerprint density at radius 2 is 1.97 bits per heavy atom. The number of nitrogens with one attached hydrogen (secondary N) is 2. The molecule has 34 heavy (non-hydrogen) atoms. The molecule has 1 aliphatic heterocycles. The lowest BCUT2D eigenvalue weighted by molar-refractivity contribution is -0.115. The fourth-order valence-corrected chi connectivity index (χ4v) is 4.24. The van der Waals surface area contributed by atoms with Crippen molar-refractivity contribution >= 4 is 22.5 Å². The number of likely N-dealkylation sites (tertiary alicyclic amines) is 1. The van der Waals surface area contributed by atoms with Crippen molar-refractivity contribution in [2.45, 2.75) is 25.0 Å². The minimum Gasteiger partial charge on any atom is -0.497 e. The number of carbonyl (C=O) groups excluding carboxylic acids is 1. The van der Waals surface area contributed by atoms with E-state index in [2.05, 4.69) is 20.5 Å². The Labute approximate surface area is 196 Å². The van der Waals surface area contributed by atoms with E-state index in [1.807, 2.05) is 24.3 Å². The standard InChI is InChI=1S/C25H28F2N4O3/c1-34-18-3-5-23-20(13-18)19(6-9-28-23)24(32)15-31-10-7-16(8-11-31)29-14-25(33)30-17-2-4-21(26)22(27)12-17/h2-6,9,12-13,16,24,29,32H,7-8,10-11,14-15H2,1H3,(H,30,33). The molecule has 0 saturated carbocycles. The second-order valence-electron chi connectivity index (χ2n) is 8.43. The van der Waals surface area contributed by atoms with Crippen LogP contribution in [0.2, 0.25) is 0 Å². The summed E-state index contributed by atoms with van der Waals surface area (Å²) in [5.41, 5.74) is 1.84. The van der Waals surface area contributed by atoms with Gasteiger partial charge in [0.2, 0.25) is 5.91 Å². The van der Waals surface area contributed by atoms with E-state index >= 15 is 0 Å². The van der Waals surface area contributed by atoms with Gasteiger partial charge in [0.05, 0.1) is 25.3 Å². The highest BCUT2D eigenvalue weighted by molar-refractivity contribution is 5.92. The number of methoxy groups -OCH3 is 1. The fraction of sp³-hybridized carbons (Fsp3) is 0.360. The molecule has 0 bridgehead atoms. The Morgan fingerprint density at radius 1 is 1.18 bits per heavy atom. The van der Waals surface area contributed by atoms with E-state index in [0.717, 1.165) is 60.3 Å². The molecule has 9 heteroatoms. The molecule has 1 unspecified atom stereocenters. The van der Waals surface area contributed by atoms with Gasteiger partial charge in [0.1, 0.15) is 5.75 Å². The number of benzene rings is 2. The predicted octanol–water partition coefficient (Wildman–Crippen LogP) is 3.25. The molecule has 2 heterocycles. The zero-order valence-corrected chi connectivity index (χ0v) is 18.9. The third kappa shape index (κ3) is 5.85. The fourth-order valence-electron chi connectivity index (χ4n) is 4.24. The van der Waals surface area contributed by atoms with Crippen molar-refractivity contribution in [3.05, 3.63) is 65.9 Å². The normalized spacial score (nSPS) is 15.9. The topological polar surface area (TPSA) is 86.7 Å². The molecular weight excluding hydrogens is 442 g/mol. The van der Waals surface area contributed by atoms with Crippen LogP contribution in [0.3, 0.4) is 0 Å². The van der Waals surface area contributed by atoms with Crippen molar-refractivity contribution in [1.82, 2.24) is 15.2 Å². The second kappa shape index (κ2) is 10.9. The summed E-state index contributed by atoms with van der Waals surface area (Å²) in [5.74, 6) is -1.55. The molecule has 1 aromatic heterocycles. The number of aliphatic hydroxyl groups excluding tert-OH is 1. The molecule has 3 aromatic rings. The van der Waals surface area contributed by atoms with Gasteiger partial charge in [-0.3, -0.25) is 9.78 Å². The Kier molecular flexibility index (Phi) is 7.66. The molecule has 0 radical (unpaired) electrons. The number of halogens is 2. The second-order valence-corrected chi connectivity index (χ2v) is 8.43. The van der Waals surface area contributed by atoms with Crippen LogP contribution >= 0.6 is 0 Å². The maximum Gasteiger partial charge on any atom is 0.238 e. The Bertz CT molecular complexity index is 1150. The number of hydrogen-bond donors (Lipinski definition) is 3. The van der Waals surface area contributed by atoms with Crippen molar-refractivity contribution in [2.24, 2.45) is 0 Å². The van der Waals surface area contributed by atoms with Crippen LogP contribution in [0.15, 0.2) is 48.7 Å². The zero-order chi connectivity index (χ0) is 24.1. The molecule has 1 amide bonds. The van der Waals surface area contributed by atoms with E-state index < -0.39 is 17.7 Å². The van der Waals surface area contributed by atoms with Crippen LogP contribution in [0, 0.1) is 11.6 Å². The van der Waals surface area contributed by atoms with Crippen LogP contribution < -0.4 is 15.4 Å². The summed E-state index contributed by atoms with van der Waals surface area (Å²) in [6.45, 7) is 2.15. The van der Waals surface area contributed by atoms with Crippen LogP contribution in [0.4, 0.5) is 14.5 Å². The van der Waals surface area contributed by atoms with Crippen LogP contribution in [0.25, 0.3) is 10.9 Å². The number of ether oxygens (including phenoxy) is 1. The number of β-amino-alcohol motifs (C(OH)–C–C–N with tert-alkyl or cyclic N) is 1. The summed E-state index contributed by atoms with van der Waals surface area (Å²) in [6, 6.07) is 10.9. The number of amides is 1. The van der Waals surface area contributed by atoms with Gasteiger partial charge in [0.15, 0.2) is 11.6 Å². The van der Waals surface area contributed by atoms with Crippen molar-refractivity contribution in [3.8, 4) is 5.75 Å². The van der Waals surface area contributed by atoms with Gasteiger partial charge in [0, 0.05) is 35.9 Å². The van der Waals surface area contributed by atoms with E-state index in [0.29, 0.717) is 6.54 Å². The molecule has 0 spiro atoms. The number of anilines is 1.